The first-order valence-corrected chi connectivity index (χ1v) is 9.04. The monoisotopic (exact) mass is 369 g/mol. The number of aromatic nitrogens is 3. The lowest BCUT2D eigenvalue weighted by Crippen LogP contribution is -2.39. The summed E-state index contributed by atoms with van der Waals surface area (Å²) < 4.78 is 7.53. The van der Waals surface area contributed by atoms with E-state index in [1.54, 1.807) is 29.3 Å². The summed E-state index contributed by atoms with van der Waals surface area (Å²) in [6, 6.07) is 7.30. The quantitative estimate of drug-likeness (QED) is 0.710. The van der Waals surface area contributed by atoms with Crippen LogP contribution in [0.2, 0.25) is 0 Å². The lowest BCUT2D eigenvalue weighted by atomic mass is 10.1. The zero-order chi connectivity index (χ0) is 19.0. The molecule has 1 unspecified atom stereocenters. The van der Waals surface area contributed by atoms with E-state index in [-0.39, 0.29) is 17.9 Å². The molecule has 1 aliphatic rings. The number of nitrogens with zero attached hydrogens (tertiary/aromatic N) is 4. The van der Waals surface area contributed by atoms with Crippen LogP contribution < -0.4 is 10.2 Å². The van der Waals surface area contributed by atoms with Crippen molar-refractivity contribution in [2.75, 3.05) is 19.0 Å². The predicted molar refractivity (Wildman–Crippen MR) is 101 cm³/mol. The fourth-order valence-corrected chi connectivity index (χ4v) is 3.59. The van der Waals surface area contributed by atoms with Crippen LogP contribution in [0.5, 0.6) is 0 Å². The van der Waals surface area contributed by atoms with Crippen LogP contribution in [-0.2, 0) is 6.54 Å². The average molecular weight is 369 g/mol. The molecule has 1 aliphatic carbocycles. The molecule has 0 spiro atoms. The van der Waals surface area contributed by atoms with E-state index in [2.05, 4.69) is 15.4 Å². The Morgan fingerprint density at radius 3 is 3.00 bits per heavy atom. The van der Waals surface area contributed by atoms with E-state index in [9.17, 15) is 9.90 Å². The zero-order valence-electron chi connectivity index (χ0n) is 15.4. The first-order chi connectivity index (χ1) is 13.0. The minimum absolute atomic E-state index is 0.219. The molecule has 1 saturated carbocycles. The molecule has 0 bridgehead atoms. The Kier molecular flexibility index (Phi) is 4.57. The highest BCUT2D eigenvalue weighted by molar-refractivity contribution is 5.97. The SMILES string of the molecule is CN(C)c1nc2ccc(C(=O)N[C@@H]3CC(Cn4cccn4)C[C@H]3O)cc2o1. The summed E-state index contributed by atoms with van der Waals surface area (Å²) in [6.45, 7) is 0.744. The number of hydrogen-bond donors (Lipinski definition) is 2. The molecule has 8 nitrogen and oxygen atoms in total. The number of anilines is 1. The van der Waals surface area contributed by atoms with Crippen molar-refractivity contribution in [2.45, 2.75) is 31.5 Å². The highest BCUT2D eigenvalue weighted by atomic mass is 16.4. The van der Waals surface area contributed by atoms with Crippen LogP contribution in [0.3, 0.4) is 0 Å². The maximum atomic E-state index is 12.6. The highest BCUT2D eigenvalue weighted by Crippen LogP contribution is 2.28. The summed E-state index contributed by atoms with van der Waals surface area (Å²) in [5.74, 6) is 0.0631. The van der Waals surface area contributed by atoms with E-state index >= 15 is 0 Å². The van der Waals surface area contributed by atoms with Crippen LogP contribution in [0, 0.1) is 5.92 Å². The van der Waals surface area contributed by atoms with Crippen molar-refractivity contribution in [1.82, 2.24) is 20.1 Å². The van der Waals surface area contributed by atoms with Gasteiger partial charge in [0.15, 0.2) is 5.58 Å². The summed E-state index contributed by atoms with van der Waals surface area (Å²) in [6.07, 6.45) is 4.47. The van der Waals surface area contributed by atoms with Crippen molar-refractivity contribution < 1.29 is 14.3 Å². The molecule has 3 aromatic rings. The summed E-state index contributed by atoms with van der Waals surface area (Å²) in [7, 11) is 3.69. The number of hydrogen-bond acceptors (Lipinski definition) is 6. The van der Waals surface area contributed by atoms with E-state index in [0.29, 0.717) is 29.1 Å². The standard InChI is InChI=1S/C19H23N5O3/c1-23(2)19-22-14-5-4-13(10-17(14)27-19)18(26)21-15-8-12(9-16(15)25)11-24-7-3-6-20-24/h3-7,10,12,15-16,25H,8-9,11H2,1-2H3,(H,21,26)/t12?,15-,16-/m1/s1. The first kappa shape index (κ1) is 17.5. The third-order valence-corrected chi connectivity index (χ3v) is 4.97. The van der Waals surface area contributed by atoms with Crippen LogP contribution >= 0.6 is 0 Å². The summed E-state index contributed by atoms with van der Waals surface area (Å²) >= 11 is 0. The minimum Gasteiger partial charge on any atom is -0.423 e. The van der Waals surface area contributed by atoms with E-state index in [4.69, 9.17) is 4.42 Å². The van der Waals surface area contributed by atoms with Gasteiger partial charge in [0.2, 0.25) is 0 Å². The second kappa shape index (κ2) is 7.03. The van der Waals surface area contributed by atoms with Gasteiger partial charge in [-0.1, -0.05) is 0 Å². The van der Waals surface area contributed by atoms with Gasteiger partial charge in [0.25, 0.3) is 11.9 Å². The second-order valence-corrected chi connectivity index (χ2v) is 7.29. The molecule has 1 amide bonds. The summed E-state index contributed by atoms with van der Waals surface area (Å²) in [5, 5.41) is 17.5. The number of fused-ring (bicyclic) bond motifs is 1. The summed E-state index contributed by atoms with van der Waals surface area (Å²) in [4.78, 5) is 18.8. The normalized spacial score (nSPS) is 22.3. The van der Waals surface area contributed by atoms with Crippen molar-refractivity contribution in [3.63, 3.8) is 0 Å². The van der Waals surface area contributed by atoms with Crippen molar-refractivity contribution >= 4 is 23.0 Å². The molecule has 3 atom stereocenters. The second-order valence-electron chi connectivity index (χ2n) is 7.29. The Morgan fingerprint density at radius 1 is 1.41 bits per heavy atom. The number of nitrogens with one attached hydrogen (secondary N) is 1. The predicted octanol–water partition coefficient (Wildman–Crippen LogP) is 1.66. The van der Waals surface area contributed by atoms with Crippen LogP contribution in [0.1, 0.15) is 23.2 Å². The Hall–Kier alpha value is -2.87. The molecule has 8 heteroatoms. The molecular weight excluding hydrogens is 346 g/mol. The van der Waals surface area contributed by atoms with Crippen LogP contribution in [0.25, 0.3) is 11.1 Å². The van der Waals surface area contributed by atoms with Gasteiger partial charge in [0, 0.05) is 38.6 Å². The van der Waals surface area contributed by atoms with E-state index in [0.717, 1.165) is 13.0 Å². The molecule has 4 rings (SSSR count). The van der Waals surface area contributed by atoms with Crippen LogP contribution in [0.15, 0.2) is 41.1 Å². The average Bonchev–Trinajstić information content (AvgIpc) is 3.35. The summed E-state index contributed by atoms with van der Waals surface area (Å²) in [5.41, 5.74) is 1.76. The highest BCUT2D eigenvalue weighted by Gasteiger charge is 2.34. The lowest BCUT2D eigenvalue weighted by Gasteiger charge is -2.16. The van der Waals surface area contributed by atoms with E-state index < -0.39 is 6.10 Å². The Bertz CT molecular complexity index is 934. The molecule has 1 fully saturated rings. The minimum atomic E-state index is -0.552. The van der Waals surface area contributed by atoms with Gasteiger partial charge in [-0.3, -0.25) is 9.48 Å². The van der Waals surface area contributed by atoms with Gasteiger partial charge in [-0.05, 0) is 43.0 Å². The van der Waals surface area contributed by atoms with Crippen LogP contribution in [-0.4, -0.2) is 52.0 Å². The van der Waals surface area contributed by atoms with Crippen molar-refractivity contribution in [1.29, 1.82) is 0 Å². The van der Waals surface area contributed by atoms with Gasteiger partial charge in [0.1, 0.15) is 5.52 Å². The topological polar surface area (TPSA) is 96.4 Å². The zero-order valence-corrected chi connectivity index (χ0v) is 15.4. The third kappa shape index (κ3) is 3.66. The largest absolute Gasteiger partial charge is 0.423 e. The van der Waals surface area contributed by atoms with Crippen molar-refractivity contribution in [3.8, 4) is 0 Å². The van der Waals surface area contributed by atoms with Crippen molar-refractivity contribution in [2.24, 2.45) is 5.92 Å². The molecule has 0 radical (unpaired) electrons. The number of carbonyl (C=O) groups excluding carboxylic acids is 1. The Labute approximate surface area is 156 Å². The smallest absolute Gasteiger partial charge is 0.297 e. The number of oxazole rings is 1. The van der Waals surface area contributed by atoms with E-state index in [1.165, 1.54) is 0 Å². The van der Waals surface area contributed by atoms with E-state index in [1.807, 2.05) is 31.0 Å². The molecule has 1 aromatic carbocycles. The molecule has 0 aliphatic heterocycles. The molecular formula is C19H23N5O3. The van der Waals surface area contributed by atoms with Gasteiger partial charge < -0.3 is 19.7 Å². The van der Waals surface area contributed by atoms with Gasteiger partial charge >= 0.3 is 0 Å². The van der Waals surface area contributed by atoms with Crippen molar-refractivity contribution in [3.05, 3.63) is 42.2 Å². The fourth-order valence-electron chi connectivity index (χ4n) is 3.59. The number of amides is 1. The number of aliphatic hydroxyl groups excluding tert-OH is 1. The molecule has 142 valence electrons. The molecule has 0 saturated heterocycles. The maximum Gasteiger partial charge on any atom is 0.297 e. The first-order valence-electron chi connectivity index (χ1n) is 9.04. The maximum absolute atomic E-state index is 12.6. The molecule has 2 N–H and O–H groups in total. The van der Waals surface area contributed by atoms with Gasteiger partial charge in [-0.15, -0.1) is 0 Å². The Morgan fingerprint density at radius 2 is 2.26 bits per heavy atom. The third-order valence-electron chi connectivity index (χ3n) is 4.97. The molecule has 2 heterocycles. The lowest BCUT2D eigenvalue weighted by molar-refractivity contribution is 0.0873. The number of carbonyl (C=O) groups is 1. The van der Waals surface area contributed by atoms with Gasteiger partial charge in [-0.2, -0.15) is 10.1 Å². The number of rotatable bonds is 5. The Balaban J connectivity index is 1.43. The molecule has 2 aromatic heterocycles. The van der Waals surface area contributed by atoms with Gasteiger partial charge in [-0.25, -0.2) is 0 Å². The van der Waals surface area contributed by atoms with Crippen LogP contribution in [0.4, 0.5) is 6.01 Å². The molecule has 27 heavy (non-hydrogen) atoms. The number of benzene rings is 1. The van der Waals surface area contributed by atoms with Gasteiger partial charge in [0.05, 0.1) is 12.1 Å². The number of aliphatic hydroxyl groups is 1. The fraction of sp³-hybridized carbons (Fsp3) is 0.421.